The summed E-state index contributed by atoms with van der Waals surface area (Å²) in [6.07, 6.45) is 2.21. The Morgan fingerprint density at radius 3 is 2.75 bits per heavy atom. The molecular weight excluding hydrogens is 467 g/mol. The second kappa shape index (κ2) is 10.4. The Hall–Kier alpha value is -2.10. The van der Waals surface area contributed by atoms with Gasteiger partial charge in [0, 0.05) is 19.0 Å². The van der Waals surface area contributed by atoms with E-state index in [1.54, 1.807) is 0 Å². The molecule has 1 aromatic carbocycles. The third kappa shape index (κ3) is 5.46. The molecule has 0 aliphatic heterocycles. The number of aromatic nitrogens is 3. The van der Waals surface area contributed by atoms with E-state index in [4.69, 9.17) is 4.42 Å². The number of aryl methyl sites for hydroxylation is 1. The lowest BCUT2D eigenvalue weighted by Gasteiger charge is -2.16. The van der Waals surface area contributed by atoms with Crippen molar-refractivity contribution in [2.45, 2.75) is 46.2 Å². The third-order valence-electron chi connectivity index (χ3n) is 4.61. The van der Waals surface area contributed by atoms with E-state index < -0.39 is 0 Å². The second-order valence-electron chi connectivity index (χ2n) is 6.72. The van der Waals surface area contributed by atoms with E-state index in [1.807, 2.05) is 36.7 Å². The molecule has 2 N–H and O–H groups in total. The summed E-state index contributed by atoms with van der Waals surface area (Å²) in [5.74, 6) is 3.34. The summed E-state index contributed by atoms with van der Waals surface area (Å²) in [5.41, 5.74) is 0.896. The molecule has 0 spiro atoms. The molecule has 0 saturated carbocycles. The summed E-state index contributed by atoms with van der Waals surface area (Å²) in [5, 5.41) is 16.2. The molecule has 28 heavy (non-hydrogen) atoms. The second-order valence-corrected chi connectivity index (χ2v) is 6.72. The molecule has 0 saturated heterocycles. The molecule has 0 amide bonds. The summed E-state index contributed by atoms with van der Waals surface area (Å²) in [4.78, 5) is 4.69. The van der Waals surface area contributed by atoms with Crippen molar-refractivity contribution in [1.29, 1.82) is 0 Å². The number of fused-ring (bicyclic) bond motifs is 1. The number of rotatable bonds is 7. The molecule has 8 heteroatoms. The molecule has 1 atom stereocenters. The first-order valence-corrected chi connectivity index (χ1v) is 9.46. The fourth-order valence-corrected chi connectivity index (χ4v) is 2.77. The van der Waals surface area contributed by atoms with Crippen molar-refractivity contribution >= 4 is 40.9 Å². The number of benzene rings is 1. The largest absolute Gasteiger partial charge is 0.459 e. The molecule has 7 nitrogen and oxygen atoms in total. The predicted octanol–water partition coefficient (Wildman–Crippen LogP) is 4.08. The molecule has 0 radical (unpaired) electrons. The van der Waals surface area contributed by atoms with Crippen molar-refractivity contribution < 1.29 is 4.42 Å². The maximum Gasteiger partial charge on any atom is 0.192 e. The Morgan fingerprint density at radius 2 is 2.07 bits per heavy atom. The molecule has 2 aromatic heterocycles. The molecular formula is C20H29IN6O. The molecule has 1 unspecified atom stereocenters. The SMILES string of the molecule is CCCCNC(=NCc1nnc(C)n1C)NC(C)c1cc2ccccc2o1.I. The van der Waals surface area contributed by atoms with Crippen LogP contribution < -0.4 is 10.6 Å². The minimum Gasteiger partial charge on any atom is -0.459 e. The van der Waals surface area contributed by atoms with Crippen molar-refractivity contribution in [3.63, 3.8) is 0 Å². The number of hydrogen-bond acceptors (Lipinski definition) is 4. The van der Waals surface area contributed by atoms with Gasteiger partial charge in [-0.05, 0) is 32.4 Å². The lowest BCUT2D eigenvalue weighted by Crippen LogP contribution is -2.39. The summed E-state index contributed by atoms with van der Waals surface area (Å²) in [6.45, 7) is 7.51. The Bertz CT molecular complexity index is 883. The van der Waals surface area contributed by atoms with Gasteiger partial charge in [-0.15, -0.1) is 34.2 Å². The minimum atomic E-state index is -0.00786. The summed E-state index contributed by atoms with van der Waals surface area (Å²) in [7, 11) is 1.95. The van der Waals surface area contributed by atoms with Gasteiger partial charge in [0.05, 0.1) is 6.04 Å². The highest BCUT2D eigenvalue weighted by atomic mass is 127. The maximum atomic E-state index is 5.97. The van der Waals surface area contributed by atoms with E-state index in [1.165, 1.54) is 0 Å². The Kier molecular flexibility index (Phi) is 8.28. The molecule has 0 bridgehead atoms. The number of nitrogens with zero attached hydrogens (tertiary/aromatic N) is 4. The van der Waals surface area contributed by atoms with Gasteiger partial charge in [0.2, 0.25) is 0 Å². The van der Waals surface area contributed by atoms with E-state index >= 15 is 0 Å². The van der Waals surface area contributed by atoms with Crippen molar-refractivity contribution in [2.75, 3.05) is 6.54 Å². The van der Waals surface area contributed by atoms with Crippen LogP contribution in [0.15, 0.2) is 39.7 Å². The van der Waals surface area contributed by atoms with Gasteiger partial charge in [0.15, 0.2) is 11.8 Å². The van der Waals surface area contributed by atoms with E-state index in [9.17, 15) is 0 Å². The first-order valence-electron chi connectivity index (χ1n) is 9.46. The van der Waals surface area contributed by atoms with Crippen LogP contribution in [0.3, 0.4) is 0 Å². The van der Waals surface area contributed by atoms with Crippen LogP contribution in [0.5, 0.6) is 0 Å². The number of aliphatic imine (C=N–C) groups is 1. The number of nitrogens with one attached hydrogen (secondary N) is 2. The van der Waals surface area contributed by atoms with E-state index in [0.29, 0.717) is 6.54 Å². The van der Waals surface area contributed by atoms with E-state index in [0.717, 1.165) is 53.7 Å². The number of furan rings is 1. The lowest BCUT2D eigenvalue weighted by atomic mass is 10.2. The molecule has 0 aliphatic rings. The van der Waals surface area contributed by atoms with Gasteiger partial charge in [-0.2, -0.15) is 0 Å². The number of hydrogen-bond donors (Lipinski definition) is 2. The van der Waals surface area contributed by atoms with Crippen LogP contribution in [0.2, 0.25) is 0 Å². The highest BCUT2D eigenvalue weighted by Gasteiger charge is 2.13. The quantitative estimate of drug-likeness (QED) is 0.223. The molecule has 0 fully saturated rings. The van der Waals surface area contributed by atoms with Gasteiger partial charge in [0.25, 0.3) is 0 Å². The van der Waals surface area contributed by atoms with E-state index in [2.05, 4.69) is 51.8 Å². The first kappa shape index (κ1) is 22.2. The van der Waals surface area contributed by atoms with Crippen molar-refractivity contribution in [3.8, 4) is 0 Å². The topological polar surface area (TPSA) is 80.3 Å². The van der Waals surface area contributed by atoms with Crippen LogP contribution in [0.1, 0.15) is 50.1 Å². The average Bonchev–Trinajstić information content (AvgIpc) is 3.24. The summed E-state index contributed by atoms with van der Waals surface area (Å²) < 4.78 is 7.92. The Labute approximate surface area is 183 Å². The maximum absolute atomic E-state index is 5.97. The third-order valence-corrected chi connectivity index (χ3v) is 4.61. The molecule has 0 aliphatic carbocycles. The highest BCUT2D eigenvalue weighted by Crippen LogP contribution is 2.23. The van der Waals surface area contributed by atoms with Crippen LogP contribution in [-0.4, -0.2) is 27.3 Å². The molecule has 152 valence electrons. The average molecular weight is 496 g/mol. The Balaban J connectivity index is 0.00000280. The summed E-state index contributed by atoms with van der Waals surface area (Å²) in [6, 6.07) is 10.1. The van der Waals surface area contributed by atoms with Gasteiger partial charge in [-0.1, -0.05) is 31.5 Å². The number of unbranched alkanes of at least 4 members (excludes halogenated alkanes) is 1. The fourth-order valence-electron chi connectivity index (χ4n) is 2.77. The van der Waals surface area contributed by atoms with Crippen molar-refractivity contribution in [3.05, 3.63) is 47.7 Å². The normalized spacial score (nSPS) is 12.6. The highest BCUT2D eigenvalue weighted by molar-refractivity contribution is 14.0. The van der Waals surface area contributed by atoms with Gasteiger partial charge < -0.3 is 19.6 Å². The van der Waals surface area contributed by atoms with Crippen LogP contribution in [0.4, 0.5) is 0 Å². The zero-order chi connectivity index (χ0) is 19.2. The Morgan fingerprint density at radius 1 is 1.29 bits per heavy atom. The van der Waals surface area contributed by atoms with Gasteiger partial charge in [-0.25, -0.2) is 4.99 Å². The molecule has 3 aromatic rings. The monoisotopic (exact) mass is 496 g/mol. The predicted molar refractivity (Wildman–Crippen MR) is 123 cm³/mol. The zero-order valence-corrected chi connectivity index (χ0v) is 19.2. The van der Waals surface area contributed by atoms with Gasteiger partial charge in [0.1, 0.15) is 23.7 Å². The van der Waals surface area contributed by atoms with Crippen LogP contribution in [0, 0.1) is 6.92 Å². The first-order chi connectivity index (χ1) is 13.1. The van der Waals surface area contributed by atoms with Gasteiger partial charge in [-0.3, -0.25) is 0 Å². The molecule has 3 rings (SSSR count). The van der Waals surface area contributed by atoms with E-state index in [-0.39, 0.29) is 30.0 Å². The fraction of sp³-hybridized carbons (Fsp3) is 0.450. The number of guanidine groups is 1. The van der Waals surface area contributed by atoms with Crippen molar-refractivity contribution in [1.82, 2.24) is 25.4 Å². The minimum absolute atomic E-state index is 0. The summed E-state index contributed by atoms with van der Waals surface area (Å²) >= 11 is 0. The zero-order valence-electron chi connectivity index (χ0n) is 16.9. The van der Waals surface area contributed by atoms with Crippen LogP contribution in [-0.2, 0) is 13.6 Å². The van der Waals surface area contributed by atoms with Crippen LogP contribution in [0.25, 0.3) is 11.0 Å². The van der Waals surface area contributed by atoms with Crippen LogP contribution >= 0.6 is 24.0 Å². The standard InChI is InChI=1S/C20H28N6O.HI/c1-5-6-11-21-20(22-13-19-25-24-15(3)26(19)4)23-14(2)18-12-16-9-7-8-10-17(16)27-18;/h7-10,12,14H,5-6,11,13H2,1-4H3,(H2,21,22,23);1H. The van der Waals surface area contributed by atoms with Gasteiger partial charge >= 0.3 is 0 Å². The molecule has 2 heterocycles. The number of halogens is 1. The lowest BCUT2D eigenvalue weighted by molar-refractivity contribution is 0.487. The smallest absolute Gasteiger partial charge is 0.192 e. The number of para-hydroxylation sites is 1. The van der Waals surface area contributed by atoms with Crippen molar-refractivity contribution in [2.24, 2.45) is 12.0 Å².